The maximum absolute atomic E-state index is 4.99. The highest BCUT2D eigenvalue weighted by Gasteiger charge is 2.29. The summed E-state index contributed by atoms with van der Waals surface area (Å²) in [5.41, 5.74) is 12.6. The molecule has 0 unspecified atom stereocenters. The van der Waals surface area contributed by atoms with Gasteiger partial charge in [0, 0.05) is 53.5 Å². The van der Waals surface area contributed by atoms with Gasteiger partial charge in [0.15, 0.2) is 17.5 Å². The molecule has 0 saturated carbocycles. The summed E-state index contributed by atoms with van der Waals surface area (Å²) in [7, 11) is 0. The highest BCUT2D eigenvalue weighted by atomic mass is 32.1. The molecule has 11 rings (SSSR count). The fourth-order valence-corrected chi connectivity index (χ4v) is 9.12. The number of hydrogen-bond donors (Lipinski definition) is 0. The lowest BCUT2D eigenvalue weighted by Crippen LogP contribution is -2.01. The lowest BCUT2D eigenvalue weighted by Gasteiger charge is -2.15. The highest BCUT2D eigenvalue weighted by Crippen LogP contribution is 2.54. The normalized spacial score (nSPS) is 11.8. The molecule has 0 aliphatic heterocycles. The smallest absolute Gasteiger partial charge is 0.164 e. The maximum Gasteiger partial charge on any atom is 0.164 e. The number of rotatable bonds is 5. The largest absolute Gasteiger partial charge is 0.309 e. The van der Waals surface area contributed by atoms with Crippen LogP contribution in [0.1, 0.15) is 0 Å². The van der Waals surface area contributed by atoms with Gasteiger partial charge in [-0.3, -0.25) is 0 Å². The second kappa shape index (κ2) is 11.4. The topological polar surface area (TPSA) is 43.6 Å². The van der Waals surface area contributed by atoms with Crippen molar-refractivity contribution in [2.75, 3.05) is 0 Å². The van der Waals surface area contributed by atoms with Crippen LogP contribution >= 0.6 is 11.3 Å². The molecule has 0 radical (unpaired) electrons. The van der Waals surface area contributed by atoms with Gasteiger partial charge in [-0.25, -0.2) is 15.0 Å². The molecule has 4 nitrogen and oxygen atoms in total. The molecule has 0 amide bonds. The van der Waals surface area contributed by atoms with E-state index in [0.717, 1.165) is 22.4 Å². The van der Waals surface area contributed by atoms with Crippen molar-refractivity contribution in [2.45, 2.75) is 0 Å². The minimum atomic E-state index is 0.641. The van der Waals surface area contributed by atoms with E-state index < -0.39 is 0 Å². The molecule has 3 heterocycles. The van der Waals surface area contributed by atoms with Crippen LogP contribution in [-0.4, -0.2) is 19.5 Å². The first-order chi connectivity index (χ1) is 25.8. The van der Waals surface area contributed by atoms with Crippen LogP contribution in [0.15, 0.2) is 170 Å². The Hall–Kier alpha value is -6.69. The van der Waals surface area contributed by atoms with Gasteiger partial charge in [-0.15, -0.1) is 11.3 Å². The van der Waals surface area contributed by atoms with Gasteiger partial charge in [-0.05, 0) is 64.7 Å². The first-order valence-electron chi connectivity index (χ1n) is 17.5. The van der Waals surface area contributed by atoms with Crippen LogP contribution in [0.5, 0.6) is 0 Å². The summed E-state index contributed by atoms with van der Waals surface area (Å²) in [6, 6.07) is 60.1. The lowest BCUT2D eigenvalue weighted by atomic mass is 9.95. The van der Waals surface area contributed by atoms with E-state index in [2.05, 4.69) is 114 Å². The summed E-state index contributed by atoms with van der Waals surface area (Å²) in [6.45, 7) is 0. The zero-order valence-electron chi connectivity index (χ0n) is 27.9. The fraction of sp³-hybridized carbons (Fsp3) is 0. The van der Waals surface area contributed by atoms with Crippen molar-refractivity contribution >= 4 is 42.4 Å². The van der Waals surface area contributed by atoms with Crippen LogP contribution in [0.4, 0.5) is 0 Å². The average Bonchev–Trinajstić information content (AvgIpc) is 3.74. The SMILES string of the molecule is c1ccc(-c2nc(-c3ccccc3)nc(-c3ccc(-n4c(-c5ccccc5)c5c6c(cccc64)-c4cccc6sc7cccc-5c7c46)cc3)n2)cc1. The van der Waals surface area contributed by atoms with E-state index >= 15 is 0 Å². The molecule has 3 aromatic heterocycles. The summed E-state index contributed by atoms with van der Waals surface area (Å²) >= 11 is 1.88. The number of nitrogens with zero attached hydrogens (tertiary/aromatic N) is 4. The molecule has 0 atom stereocenters. The summed E-state index contributed by atoms with van der Waals surface area (Å²) < 4.78 is 5.09. The first-order valence-corrected chi connectivity index (χ1v) is 18.3. The second-order valence-corrected chi connectivity index (χ2v) is 14.3. The van der Waals surface area contributed by atoms with Crippen LogP contribution < -0.4 is 0 Å². The van der Waals surface area contributed by atoms with E-state index in [9.17, 15) is 0 Å². The van der Waals surface area contributed by atoms with Crippen molar-refractivity contribution in [3.63, 3.8) is 0 Å². The third-order valence-corrected chi connectivity index (χ3v) is 11.3. The molecule has 0 N–H and O–H groups in total. The molecular weight excluding hydrogens is 653 g/mol. The molecule has 0 fully saturated rings. The van der Waals surface area contributed by atoms with Gasteiger partial charge < -0.3 is 4.57 Å². The predicted octanol–water partition coefficient (Wildman–Crippen LogP) is 12.5. The Morgan fingerprint density at radius 1 is 0.365 bits per heavy atom. The van der Waals surface area contributed by atoms with E-state index in [1.165, 1.54) is 64.6 Å². The van der Waals surface area contributed by atoms with Crippen LogP contribution in [-0.2, 0) is 0 Å². The molecule has 1 aliphatic carbocycles. The summed E-state index contributed by atoms with van der Waals surface area (Å²) in [5.74, 6) is 1.95. The van der Waals surface area contributed by atoms with E-state index in [1.807, 2.05) is 72.0 Å². The van der Waals surface area contributed by atoms with Crippen LogP contribution in [0.25, 0.3) is 104 Å². The quantitative estimate of drug-likeness (QED) is 0.182. The molecule has 1 aliphatic rings. The van der Waals surface area contributed by atoms with Gasteiger partial charge in [-0.2, -0.15) is 0 Å². The highest BCUT2D eigenvalue weighted by molar-refractivity contribution is 7.26. The minimum absolute atomic E-state index is 0.641. The predicted molar refractivity (Wildman–Crippen MR) is 216 cm³/mol. The average molecular weight is 681 g/mol. The molecule has 52 heavy (non-hydrogen) atoms. The maximum atomic E-state index is 4.99. The standard InChI is InChI=1S/C47H28N4S/c1-4-13-29(14-5-1)44-43-36-21-12-24-39-42(36)41-35(20-11-23-38(41)52-39)34-19-10-22-37(40(34)43)51(44)33-27-25-32(26-28-33)47-49-45(30-15-6-2-7-16-30)48-46(50-47)31-17-8-3-9-18-31/h1-28H. The van der Waals surface area contributed by atoms with E-state index in [1.54, 1.807) is 0 Å². The van der Waals surface area contributed by atoms with Gasteiger partial charge in [0.05, 0.1) is 11.2 Å². The van der Waals surface area contributed by atoms with Crippen molar-refractivity contribution in [2.24, 2.45) is 0 Å². The zero-order chi connectivity index (χ0) is 34.2. The molecule has 0 saturated heterocycles. The van der Waals surface area contributed by atoms with Crippen molar-refractivity contribution in [1.29, 1.82) is 0 Å². The molecule has 7 aromatic carbocycles. The third kappa shape index (κ3) is 4.36. The Morgan fingerprint density at radius 3 is 1.40 bits per heavy atom. The Balaban J connectivity index is 1.15. The lowest BCUT2D eigenvalue weighted by molar-refractivity contribution is 1.07. The Labute approximate surface area is 304 Å². The van der Waals surface area contributed by atoms with Gasteiger partial charge in [0.2, 0.25) is 0 Å². The molecule has 10 aromatic rings. The number of aromatic nitrogens is 4. The molecule has 0 bridgehead atoms. The minimum Gasteiger partial charge on any atom is -0.309 e. The Bertz CT molecular complexity index is 2920. The van der Waals surface area contributed by atoms with Crippen molar-refractivity contribution in [3.8, 4) is 73.4 Å². The summed E-state index contributed by atoms with van der Waals surface area (Å²) in [5, 5.41) is 3.99. The van der Waals surface area contributed by atoms with Crippen LogP contribution in [0.2, 0.25) is 0 Å². The third-order valence-electron chi connectivity index (χ3n) is 10.2. The van der Waals surface area contributed by atoms with Crippen molar-refractivity contribution < 1.29 is 0 Å². The Kier molecular flexibility index (Phi) is 6.39. The number of hydrogen-bond acceptors (Lipinski definition) is 4. The summed E-state index contributed by atoms with van der Waals surface area (Å²) in [4.78, 5) is 14.9. The Morgan fingerprint density at radius 2 is 0.827 bits per heavy atom. The van der Waals surface area contributed by atoms with E-state index in [4.69, 9.17) is 15.0 Å². The number of fused-ring (bicyclic) bond motifs is 2. The van der Waals surface area contributed by atoms with Crippen LogP contribution in [0, 0.1) is 0 Å². The monoisotopic (exact) mass is 680 g/mol. The molecular formula is C47H28N4S. The van der Waals surface area contributed by atoms with Crippen LogP contribution in [0.3, 0.4) is 0 Å². The summed E-state index contributed by atoms with van der Waals surface area (Å²) in [6.07, 6.45) is 0. The fourth-order valence-electron chi connectivity index (χ4n) is 7.96. The second-order valence-electron chi connectivity index (χ2n) is 13.2. The molecule has 0 spiro atoms. The van der Waals surface area contributed by atoms with Gasteiger partial charge >= 0.3 is 0 Å². The zero-order valence-corrected chi connectivity index (χ0v) is 28.7. The number of thiophene rings is 1. The van der Waals surface area contributed by atoms with Gasteiger partial charge in [0.25, 0.3) is 0 Å². The van der Waals surface area contributed by atoms with Crippen molar-refractivity contribution in [3.05, 3.63) is 170 Å². The van der Waals surface area contributed by atoms with E-state index in [0.29, 0.717) is 17.5 Å². The van der Waals surface area contributed by atoms with Gasteiger partial charge in [-0.1, -0.05) is 127 Å². The number of benzene rings is 7. The van der Waals surface area contributed by atoms with Crippen molar-refractivity contribution in [1.82, 2.24) is 19.5 Å². The van der Waals surface area contributed by atoms with E-state index in [-0.39, 0.29) is 0 Å². The van der Waals surface area contributed by atoms with Gasteiger partial charge in [0.1, 0.15) is 0 Å². The molecule has 5 heteroatoms. The molecule has 242 valence electrons. The first kappa shape index (κ1) is 29.1.